The number of rotatable bonds is 88. The quantitative estimate of drug-likeness (QED) is 0.0264. The molecule has 0 saturated carbocycles. The summed E-state index contributed by atoms with van der Waals surface area (Å²) in [6, 6.07) is 0. The lowest BCUT2D eigenvalue weighted by Crippen LogP contribution is -2.29. The van der Waals surface area contributed by atoms with Crippen LogP contribution in [0.1, 0.15) is 489 Å². The van der Waals surface area contributed by atoms with E-state index in [1.165, 1.54) is 392 Å². The third-order valence-corrected chi connectivity index (χ3v) is 21.9. The SMILES string of the molecule is CC/C=C\C/C=C\C/C=C\C/C=C\C/C=C\CCCCCCCCCCCCCCCCCCCCCCCCCCCC(=O)OC(COC(=O)CCCCCCCCCCCCCCCCCCCCCCCCCCCCCCCCCCCCCCCCCCC)COP(=O)(O)OCCN. The van der Waals surface area contributed by atoms with Crippen LogP contribution < -0.4 is 5.73 Å². The maximum Gasteiger partial charge on any atom is 0.472 e. The van der Waals surface area contributed by atoms with Gasteiger partial charge in [0.25, 0.3) is 0 Å². The first kappa shape index (κ1) is 101. The van der Waals surface area contributed by atoms with E-state index in [4.69, 9.17) is 24.3 Å². The number of phosphoric acid groups is 1. The van der Waals surface area contributed by atoms with Crippen molar-refractivity contribution in [1.82, 2.24) is 0 Å². The molecule has 2 atom stereocenters. The van der Waals surface area contributed by atoms with Gasteiger partial charge in [0.15, 0.2) is 6.10 Å². The number of carbonyl (C=O) groups excluding carboxylic acids is 2. The summed E-state index contributed by atoms with van der Waals surface area (Å²) in [6.45, 7) is 3.72. The van der Waals surface area contributed by atoms with Crippen molar-refractivity contribution in [2.75, 3.05) is 26.4 Å². The minimum atomic E-state index is -4.40. The first-order valence-corrected chi connectivity index (χ1v) is 47.3. The van der Waals surface area contributed by atoms with E-state index in [2.05, 4.69) is 74.6 Å². The number of ether oxygens (including phenoxy) is 2. The van der Waals surface area contributed by atoms with Crippen LogP contribution in [0.3, 0.4) is 0 Å². The lowest BCUT2D eigenvalue weighted by atomic mass is 10.0. The van der Waals surface area contributed by atoms with Gasteiger partial charge in [0, 0.05) is 19.4 Å². The van der Waals surface area contributed by atoms with Crippen molar-refractivity contribution in [2.45, 2.75) is 495 Å². The van der Waals surface area contributed by atoms with Crippen LogP contribution in [0.15, 0.2) is 60.8 Å². The van der Waals surface area contributed by atoms with Crippen molar-refractivity contribution in [3.63, 3.8) is 0 Å². The highest BCUT2D eigenvalue weighted by Crippen LogP contribution is 2.43. The van der Waals surface area contributed by atoms with Crippen molar-refractivity contribution in [2.24, 2.45) is 5.73 Å². The van der Waals surface area contributed by atoms with Crippen LogP contribution in [0.2, 0.25) is 0 Å². The fourth-order valence-electron chi connectivity index (χ4n) is 14.2. The third kappa shape index (κ3) is 88.5. The highest BCUT2D eigenvalue weighted by atomic mass is 31.2. The average molecular weight is 1470 g/mol. The number of nitrogens with two attached hydrogens (primary N) is 1. The minimum absolute atomic E-state index is 0.0564. The molecule has 0 aliphatic carbocycles. The Balaban J connectivity index is 3.68. The molecule has 0 aromatic carbocycles. The van der Waals surface area contributed by atoms with Gasteiger partial charge in [0.2, 0.25) is 0 Å². The summed E-state index contributed by atoms with van der Waals surface area (Å²) in [7, 11) is -4.40. The lowest BCUT2D eigenvalue weighted by molar-refractivity contribution is -0.161. The standard InChI is InChI=1S/C93H176NO8P/c1-3-5-7-9-11-13-15-17-19-21-23-25-27-29-31-33-35-37-39-41-43-45-47-49-51-53-55-57-59-61-63-65-67-69-71-73-75-77-79-81-83-85-92(95)99-89-91(90-101-103(97,98)100-88-87-94)102-93(96)86-84-82-80-78-76-74-72-70-68-66-64-62-60-58-56-54-52-50-48-46-44-42-40-38-36-34-32-30-28-26-24-22-20-18-16-14-12-10-8-6-4-2/h6,8,12,14,18,20,24,26,30,32,91H,3-5,7,9-11,13,15-17,19,21-23,25,27-29,31,33-90,94H2,1-2H3,(H,97,98)/b8-6-,14-12-,20-18-,26-24-,32-30-. The van der Waals surface area contributed by atoms with E-state index in [-0.39, 0.29) is 38.6 Å². The molecule has 0 aromatic heterocycles. The van der Waals surface area contributed by atoms with Gasteiger partial charge in [-0.15, -0.1) is 0 Å². The minimum Gasteiger partial charge on any atom is -0.462 e. The summed E-state index contributed by atoms with van der Waals surface area (Å²) in [5.74, 6) is -0.798. The molecule has 0 heterocycles. The van der Waals surface area contributed by atoms with Gasteiger partial charge in [-0.1, -0.05) is 479 Å². The second-order valence-corrected chi connectivity index (χ2v) is 32.6. The monoisotopic (exact) mass is 1470 g/mol. The molecular formula is C93H176NO8P. The second-order valence-electron chi connectivity index (χ2n) is 31.2. The van der Waals surface area contributed by atoms with Crippen LogP contribution in [0.25, 0.3) is 0 Å². The van der Waals surface area contributed by atoms with E-state index in [9.17, 15) is 19.0 Å². The van der Waals surface area contributed by atoms with Crippen LogP contribution in [0, 0.1) is 0 Å². The fourth-order valence-corrected chi connectivity index (χ4v) is 15.0. The Labute approximate surface area is 641 Å². The zero-order valence-corrected chi connectivity index (χ0v) is 69.7. The molecule has 0 radical (unpaired) electrons. The maximum atomic E-state index is 12.8. The molecule has 103 heavy (non-hydrogen) atoms. The Kier molecular flexibility index (Phi) is 86.6. The molecule has 0 spiro atoms. The molecule has 9 nitrogen and oxygen atoms in total. The van der Waals surface area contributed by atoms with Gasteiger partial charge in [-0.05, 0) is 57.8 Å². The van der Waals surface area contributed by atoms with Crippen molar-refractivity contribution in [3.8, 4) is 0 Å². The number of allylic oxidation sites excluding steroid dienone is 10. The summed E-state index contributed by atoms with van der Waals surface area (Å²) in [4.78, 5) is 35.6. The van der Waals surface area contributed by atoms with E-state index >= 15 is 0 Å². The Hall–Kier alpha value is -2.29. The predicted octanol–water partition coefficient (Wildman–Crippen LogP) is 31.2. The Morgan fingerprint density at radius 3 is 0.796 bits per heavy atom. The van der Waals surface area contributed by atoms with Crippen molar-refractivity contribution >= 4 is 19.8 Å². The lowest BCUT2D eigenvalue weighted by Gasteiger charge is -2.19. The van der Waals surface area contributed by atoms with Crippen molar-refractivity contribution in [3.05, 3.63) is 60.8 Å². The van der Waals surface area contributed by atoms with Gasteiger partial charge in [0.05, 0.1) is 13.2 Å². The van der Waals surface area contributed by atoms with Crippen LogP contribution >= 0.6 is 7.82 Å². The number of hydrogen-bond donors (Lipinski definition) is 2. The van der Waals surface area contributed by atoms with E-state index in [0.717, 1.165) is 64.2 Å². The molecule has 0 aromatic rings. The fraction of sp³-hybridized carbons (Fsp3) is 0.871. The van der Waals surface area contributed by atoms with E-state index in [0.29, 0.717) is 6.42 Å². The Morgan fingerprint density at radius 1 is 0.301 bits per heavy atom. The molecule has 3 N–H and O–H groups in total. The molecule has 0 aliphatic heterocycles. The van der Waals surface area contributed by atoms with Crippen LogP contribution in [0.5, 0.6) is 0 Å². The second kappa shape index (κ2) is 88.6. The van der Waals surface area contributed by atoms with Gasteiger partial charge in [0.1, 0.15) is 6.61 Å². The summed E-state index contributed by atoms with van der Waals surface area (Å²) < 4.78 is 33.4. The van der Waals surface area contributed by atoms with Crippen molar-refractivity contribution < 1.29 is 37.6 Å². The van der Waals surface area contributed by atoms with Crippen LogP contribution in [-0.2, 0) is 32.7 Å². The topological polar surface area (TPSA) is 134 Å². The first-order chi connectivity index (χ1) is 50.8. The smallest absolute Gasteiger partial charge is 0.462 e. The zero-order chi connectivity index (χ0) is 74.3. The molecule has 0 saturated heterocycles. The molecule has 2 unspecified atom stereocenters. The molecule has 0 aliphatic rings. The maximum absolute atomic E-state index is 12.8. The first-order valence-electron chi connectivity index (χ1n) is 45.8. The van der Waals surface area contributed by atoms with Crippen molar-refractivity contribution in [1.29, 1.82) is 0 Å². The third-order valence-electron chi connectivity index (χ3n) is 20.9. The highest BCUT2D eigenvalue weighted by Gasteiger charge is 2.26. The normalized spacial score (nSPS) is 13.0. The Morgan fingerprint density at radius 2 is 0.534 bits per heavy atom. The largest absolute Gasteiger partial charge is 0.472 e. The average Bonchev–Trinajstić information content (AvgIpc) is 0.970. The molecule has 10 heteroatoms. The molecule has 606 valence electrons. The summed E-state index contributed by atoms with van der Waals surface area (Å²) in [5.41, 5.74) is 5.43. The van der Waals surface area contributed by atoms with Crippen LogP contribution in [-0.4, -0.2) is 49.3 Å². The zero-order valence-electron chi connectivity index (χ0n) is 68.8. The molecule has 0 bridgehead atoms. The van der Waals surface area contributed by atoms with Gasteiger partial charge < -0.3 is 20.1 Å². The highest BCUT2D eigenvalue weighted by molar-refractivity contribution is 7.47. The Bertz CT molecular complexity index is 1880. The number of hydrogen-bond acceptors (Lipinski definition) is 8. The van der Waals surface area contributed by atoms with Gasteiger partial charge in [-0.25, -0.2) is 4.57 Å². The number of unbranched alkanes of at least 4 members (excludes halogenated alkanes) is 65. The molecule has 0 rings (SSSR count). The number of esters is 2. The van der Waals surface area contributed by atoms with Crippen LogP contribution in [0.4, 0.5) is 0 Å². The number of carbonyl (C=O) groups is 2. The number of phosphoric ester groups is 1. The summed E-state index contributed by atoms with van der Waals surface area (Å²) in [6.07, 6.45) is 119. The molecule has 0 fully saturated rings. The van der Waals surface area contributed by atoms with E-state index in [1.54, 1.807) is 0 Å². The molecule has 0 amide bonds. The van der Waals surface area contributed by atoms with Gasteiger partial charge >= 0.3 is 19.8 Å². The van der Waals surface area contributed by atoms with Gasteiger partial charge in [-0.2, -0.15) is 0 Å². The van der Waals surface area contributed by atoms with Gasteiger partial charge in [-0.3, -0.25) is 18.6 Å². The van der Waals surface area contributed by atoms with E-state index < -0.39 is 26.5 Å². The summed E-state index contributed by atoms with van der Waals surface area (Å²) in [5, 5.41) is 0. The molecular weight excluding hydrogens is 1290 g/mol. The van der Waals surface area contributed by atoms with E-state index in [1.807, 2.05) is 0 Å². The predicted molar refractivity (Wildman–Crippen MR) is 450 cm³/mol. The summed E-state index contributed by atoms with van der Waals surface area (Å²) >= 11 is 0.